The van der Waals surface area contributed by atoms with E-state index in [4.69, 9.17) is 4.74 Å². The Bertz CT molecular complexity index is 526. The van der Waals surface area contributed by atoms with Crippen LogP contribution in [0.25, 0.3) is 0 Å². The highest BCUT2D eigenvalue weighted by molar-refractivity contribution is 5.86. The molecule has 0 bridgehead atoms. The third-order valence-electron chi connectivity index (χ3n) is 4.38. The highest BCUT2D eigenvalue weighted by atomic mass is 16.5. The molecule has 1 saturated heterocycles. The minimum atomic E-state index is -0.665. The number of hydrogen-bond donors (Lipinski definition) is 2. The van der Waals surface area contributed by atoms with Gasteiger partial charge < -0.3 is 15.4 Å². The van der Waals surface area contributed by atoms with Gasteiger partial charge in [-0.2, -0.15) is 0 Å². The molecule has 5 nitrogen and oxygen atoms in total. The molecule has 1 heterocycles. The van der Waals surface area contributed by atoms with E-state index in [1.165, 1.54) is 6.42 Å². The lowest BCUT2D eigenvalue weighted by atomic mass is 9.94. The number of ether oxygens (including phenoxy) is 1. The number of amides is 2. The molecular weight excluding hydrogens is 280 g/mol. The van der Waals surface area contributed by atoms with Gasteiger partial charge in [0.25, 0.3) is 5.91 Å². The van der Waals surface area contributed by atoms with Crippen molar-refractivity contribution in [2.45, 2.75) is 50.3 Å². The van der Waals surface area contributed by atoms with Crippen LogP contribution in [0, 0.1) is 0 Å². The molecule has 0 unspecified atom stereocenters. The lowest BCUT2D eigenvalue weighted by Gasteiger charge is -2.33. The zero-order valence-electron chi connectivity index (χ0n) is 12.6. The van der Waals surface area contributed by atoms with Crippen molar-refractivity contribution in [3.8, 4) is 0 Å². The van der Waals surface area contributed by atoms with Crippen molar-refractivity contribution < 1.29 is 14.3 Å². The van der Waals surface area contributed by atoms with Crippen LogP contribution in [-0.4, -0.2) is 30.6 Å². The van der Waals surface area contributed by atoms with E-state index < -0.39 is 12.1 Å². The molecule has 2 fully saturated rings. The van der Waals surface area contributed by atoms with E-state index in [0.717, 1.165) is 31.2 Å². The van der Waals surface area contributed by atoms with Gasteiger partial charge in [-0.25, -0.2) is 0 Å². The Morgan fingerprint density at radius 1 is 1.14 bits per heavy atom. The van der Waals surface area contributed by atoms with Crippen molar-refractivity contribution in [3.63, 3.8) is 0 Å². The average Bonchev–Trinajstić information content (AvgIpc) is 2.56. The van der Waals surface area contributed by atoms with E-state index in [1.807, 2.05) is 30.3 Å². The number of hydrogen-bond acceptors (Lipinski definition) is 3. The molecule has 1 aromatic rings. The second-order valence-corrected chi connectivity index (χ2v) is 6.03. The monoisotopic (exact) mass is 302 g/mol. The molecule has 2 atom stereocenters. The van der Waals surface area contributed by atoms with Crippen LogP contribution in [0.1, 0.15) is 43.7 Å². The molecule has 1 aliphatic heterocycles. The molecule has 0 spiro atoms. The fraction of sp³-hybridized carbons (Fsp3) is 0.529. The molecule has 22 heavy (non-hydrogen) atoms. The number of nitrogens with one attached hydrogen (secondary N) is 2. The predicted octanol–water partition coefficient (Wildman–Crippen LogP) is 1.69. The molecule has 2 aliphatic rings. The molecule has 3 rings (SSSR count). The number of benzene rings is 1. The van der Waals surface area contributed by atoms with E-state index >= 15 is 0 Å². The largest absolute Gasteiger partial charge is 0.356 e. The quantitative estimate of drug-likeness (QED) is 0.893. The summed E-state index contributed by atoms with van der Waals surface area (Å²) in [5, 5.41) is 5.96. The molecule has 118 valence electrons. The summed E-state index contributed by atoms with van der Waals surface area (Å²) in [6, 6.07) is 9.32. The SMILES string of the molecule is O=C1CO[C@@H](C(=O)NC2CCCCC2)[C@H](c2ccccc2)N1. The summed E-state index contributed by atoms with van der Waals surface area (Å²) < 4.78 is 5.54. The summed E-state index contributed by atoms with van der Waals surface area (Å²) in [4.78, 5) is 24.2. The van der Waals surface area contributed by atoms with Gasteiger partial charge in [0.05, 0.1) is 6.04 Å². The first kappa shape index (κ1) is 15.0. The predicted molar refractivity (Wildman–Crippen MR) is 82.1 cm³/mol. The van der Waals surface area contributed by atoms with Crippen LogP contribution in [0.4, 0.5) is 0 Å². The Morgan fingerprint density at radius 2 is 1.86 bits per heavy atom. The molecule has 2 N–H and O–H groups in total. The maximum absolute atomic E-state index is 12.6. The standard InChI is InChI=1S/C17H22N2O3/c20-14-11-22-16(15(19-14)12-7-3-1-4-8-12)17(21)18-13-9-5-2-6-10-13/h1,3-4,7-8,13,15-16H,2,5-6,9-11H2,(H,18,21)(H,19,20)/t15-,16+/m0/s1. The zero-order valence-corrected chi connectivity index (χ0v) is 12.6. The topological polar surface area (TPSA) is 67.4 Å². The van der Waals surface area contributed by atoms with Gasteiger partial charge >= 0.3 is 0 Å². The van der Waals surface area contributed by atoms with Gasteiger partial charge in [-0.1, -0.05) is 49.6 Å². The van der Waals surface area contributed by atoms with Crippen LogP contribution in [0.2, 0.25) is 0 Å². The molecule has 0 radical (unpaired) electrons. The van der Waals surface area contributed by atoms with Crippen LogP contribution >= 0.6 is 0 Å². The van der Waals surface area contributed by atoms with Gasteiger partial charge in [0.2, 0.25) is 5.91 Å². The van der Waals surface area contributed by atoms with Crippen molar-refractivity contribution in [1.29, 1.82) is 0 Å². The lowest BCUT2D eigenvalue weighted by Crippen LogP contribution is -2.54. The Morgan fingerprint density at radius 3 is 2.59 bits per heavy atom. The van der Waals surface area contributed by atoms with Crippen molar-refractivity contribution in [1.82, 2.24) is 10.6 Å². The third kappa shape index (κ3) is 3.47. The van der Waals surface area contributed by atoms with Gasteiger partial charge in [0.1, 0.15) is 6.61 Å². The molecule has 1 aliphatic carbocycles. The molecule has 2 amide bonds. The smallest absolute Gasteiger partial charge is 0.251 e. The van der Waals surface area contributed by atoms with Crippen LogP contribution in [0.3, 0.4) is 0 Å². The van der Waals surface area contributed by atoms with Crippen LogP contribution in [0.5, 0.6) is 0 Å². The van der Waals surface area contributed by atoms with Crippen molar-refractivity contribution >= 4 is 11.8 Å². The molecule has 1 aromatic carbocycles. The van der Waals surface area contributed by atoms with Gasteiger partial charge in [-0.3, -0.25) is 9.59 Å². The third-order valence-corrected chi connectivity index (χ3v) is 4.38. The summed E-state index contributed by atoms with van der Waals surface area (Å²) in [6.07, 6.45) is 4.96. The van der Waals surface area contributed by atoms with E-state index in [0.29, 0.717) is 0 Å². The molecule has 0 aromatic heterocycles. The highest BCUT2D eigenvalue weighted by Crippen LogP contribution is 2.24. The van der Waals surface area contributed by atoms with Crippen molar-refractivity contribution in [3.05, 3.63) is 35.9 Å². The molecule has 5 heteroatoms. The van der Waals surface area contributed by atoms with Crippen LogP contribution in [0.15, 0.2) is 30.3 Å². The second kappa shape index (κ2) is 6.92. The lowest BCUT2D eigenvalue weighted by molar-refractivity contribution is -0.148. The van der Waals surface area contributed by atoms with E-state index in [-0.39, 0.29) is 24.5 Å². The highest BCUT2D eigenvalue weighted by Gasteiger charge is 2.36. The first-order chi connectivity index (χ1) is 10.7. The summed E-state index contributed by atoms with van der Waals surface area (Å²) >= 11 is 0. The summed E-state index contributed by atoms with van der Waals surface area (Å²) in [5.41, 5.74) is 0.888. The Balaban J connectivity index is 1.71. The maximum atomic E-state index is 12.6. The minimum absolute atomic E-state index is 0.0634. The van der Waals surface area contributed by atoms with Gasteiger partial charge in [0, 0.05) is 6.04 Å². The summed E-state index contributed by atoms with van der Waals surface area (Å²) in [5.74, 6) is -0.309. The fourth-order valence-electron chi connectivity index (χ4n) is 3.23. The average molecular weight is 302 g/mol. The number of carbonyl (C=O) groups is 2. The van der Waals surface area contributed by atoms with Gasteiger partial charge in [-0.05, 0) is 18.4 Å². The Hall–Kier alpha value is -1.88. The summed E-state index contributed by atoms with van der Waals surface area (Å²) in [6.45, 7) is -0.0634. The first-order valence-corrected chi connectivity index (χ1v) is 8.00. The first-order valence-electron chi connectivity index (χ1n) is 8.00. The van der Waals surface area contributed by atoms with E-state index in [9.17, 15) is 9.59 Å². The second-order valence-electron chi connectivity index (χ2n) is 6.03. The fourth-order valence-corrected chi connectivity index (χ4v) is 3.23. The van der Waals surface area contributed by atoms with Crippen molar-refractivity contribution in [2.75, 3.05) is 6.61 Å². The van der Waals surface area contributed by atoms with E-state index in [2.05, 4.69) is 10.6 Å². The summed E-state index contributed by atoms with van der Waals surface area (Å²) in [7, 11) is 0. The maximum Gasteiger partial charge on any atom is 0.251 e. The normalized spacial score (nSPS) is 26.3. The van der Waals surface area contributed by atoms with Crippen LogP contribution < -0.4 is 10.6 Å². The zero-order chi connectivity index (χ0) is 15.4. The Kier molecular flexibility index (Phi) is 4.73. The van der Waals surface area contributed by atoms with Crippen LogP contribution in [-0.2, 0) is 14.3 Å². The van der Waals surface area contributed by atoms with Crippen molar-refractivity contribution in [2.24, 2.45) is 0 Å². The van der Waals surface area contributed by atoms with E-state index in [1.54, 1.807) is 0 Å². The number of morpholine rings is 1. The Labute approximate surface area is 130 Å². The number of carbonyl (C=O) groups excluding carboxylic acids is 2. The number of rotatable bonds is 3. The minimum Gasteiger partial charge on any atom is -0.356 e. The molecule has 1 saturated carbocycles. The van der Waals surface area contributed by atoms with Gasteiger partial charge in [0.15, 0.2) is 6.10 Å². The van der Waals surface area contributed by atoms with Gasteiger partial charge in [-0.15, -0.1) is 0 Å². The molecular formula is C17H22N2O3.